The number of halogens is 1. The van der Waals surface area contributed by atoms with Gasteiger partial charge in [0.2, 0.25) is 14.6 Å². The van der Waals surface area contributed by atoms with E-state index in [4.69, 9.17) is 16.9 Å². The second kappa shape index (κ2) is 21.6. The summed E-state index contributed by atoms with van der Waals surface area (Å²) in [6, 6.07) is 13.0. The molecule has 0 fully saturated rings. The van der Waals surface area contributed by atoms with Crippen molar-refractivity contribution >= 4 is 84.2 Å². The molecule has 19 heteroatoms. The fourth-order valence-electron chi connectivity index (χ4n) is 3.73. The second-order valence-electron chi connectivity index (χ2n) is 9.65. The molecule has 0 saturated carbocycles. The number of benzene rings is 3. The van der Waals surface area contributed by atoms with Crippen molar-refractivity contribution in [2.45, 2.75) is 39.7 Å². The third-order valence-corrected chi connectivity index (χ3v) is 5.93. The molecule has 5 rings (SSSR count). The Morgan fingerprint density at radius 1 is 0.837 bits per heavy atom. The van der Waals surface area contributed by atoms with Crippen LogP contribution in [0.2, 0.25) is 19.0 Å². The van der Waals surface area contributed by atoms with Gasteiger partial charge in [-0.1, -0.05) is 39.7 Å². The predicted molar refractivity (Wildman–Crippen MR) is 188 cm³/mol. The van der Waals surface area contributed by atoms with Gasteiger partial charge in [0.1, 0.15) is 5.82 Å². The number of rotatable bonds is 9. The van der Waals surface area contributed by atoms with Crippen LogP contribution in [0, 0.1) is 31.5 Å². The summed E-state index contributed by atoms with van der Waals surface area (Å²) in [5, 5.41) is 29.0. The van der Waals surface area contributed by atoms with Gasteiger partial charge in [-0.25, -0.2) is 14.4 Å². The maximum absolute atomic E-state index is 12.6. The maximum atomic E-state index is 12.6. The van der Waals surface area contributed by atoms with E-state index in [-0.39, 0.29) is 46.0 Å². The fourth-order valence-corrected chi connectivity index (χ4v) is 3.73. The van der Waals surface area contributed by atoms with Crippen molar-refractivity contribution in [1.82, 2.24) is 19.9 Å². The van der Waals surface area contributed by atoms with E-state index in [0.717, 1.165) is 65.0 Å². The normalized spacial score (nSPS) is 9.55. The minimum absolute atomic E-state index is 0. The third-order valence-electron chi connectivity index (χ3n) is 5.93. The summed E-state index contributed by atoms with van der Waals surface area (Å²) in [5.41, 5.74) is 14.1. The van der Waals surface area contributed by atoms with Crippen molar-refractivity contribution in [3.8, 4) is 0 Å². The number of nitrogens with one attached hydrogen (secondary N) is 1. The number of nitrogens with zero attached hydrogens (tertiary/aromatic N) is 6. The quantitative estimate of drug-likeness (QED) is 0.0379. The van der Waals surface area contributed by atoms with Crippen LogP contribution in [0.4, 0.5) is 21.5 Å². The van der Waals surface area contributed by atoms with E-state index in [0.29, 0.717) is 11.1 Å². The van der Waals surface area contributed by atoms with Crippen molar-refractivity contribution in [3.63, 3.8) is 0 Å². The topological polar surface area (TPSA) is 231 Å². The number of carbonyl (C=O) groups excluding carboxylic acids is 1. The second-order valence-corrected chi connectivity index (χ2v) is 9.65. The largest absolute Gasteiger partial charge is 0.399 e. The molecular weight excluding hydrogens is 674 g/mol. The van der Waals surface area contributed by atoms with Crippen LogP contribution in [-0.2, 0) is 17.1 Å². The Kier molecular flexibility index (Phi) is 18.4. The molecule has 251 valence electrons. The van der Waals surface area contributed by atoms with Gasteiger partial charge in [0.25, 0.3) is 11.4 Å². The van der Waals surface area contributed by atoms with Crippen LogP contribution < -0.4 is 22.9 Å². The number of hydrogen-bond donors (Lipinski definition) is 3. The molecule has 2 aromatic heterocycles. The zero-order valence-electron chi connectivity index (χ0n) is 26.9. The molecule has 3 aromatic carbocycles. The number of fused-ring (bicyclic) bond motifs is 2. The number of nitro groups is 2. The number of aldehydes is 1. The number of nitro benzene ring substituents is 2. The predicted octanol–water partition coefficient (Wildman–Crippen LogP) is 3.85. The zero-order chi connectivity index (χ0) is 35.6. The van der Waals surface area contributed by atoms with E-state index in [1.165, 1.54) is 12.1 Å². The molecule has 0 atom stereocenters. The van der Waals surface area contributed by atoms with E-state index in [2.05, 4.69) is 26.9 Å². The van der Waals surface area contributed by atoms with Gasteiger partial charge in [-0.2, -0.15) is 0 Å². The molecule has 5 aromatic rings. The summed E-state index contributed by atoms with van der Waals surface area (Å²) < 4.78 is 12.6. The van der Waals surface area contributed by atoms with Crippen LogP contribution in [0.3, 0.4) is 0 Å². The Hall–Kier alpha value is -5.28. The Labute approximate surface area is 294 Å². The number of nitrogens with two attached hydrogens (primary N) is 2. The zero-order valence-corrected chi connectivity index (χ0v) is 28.0. The average molecular weight is 706 g/mol. The smallest absolute Gasteiger partial charge is 0.270 e. The number of non-ortho nitro benzene ring substituents is 2. The van der Waals surface area contributed by atoms with Crippen molar-refractivity contribution in [3.05, 3.63) is 98.6 Å². The Bertz CT molecular complexity index is 1890. The molecule has 0 aliphatic carbocycles. The first-order chi connectivity index (χ1) is 22.9. The van der Waals surface area contributed by atoms with Crippen molar-refractivity contribution in [2.75, 3.05) is 5.73 Å². The Morgan fingerprint density at radius 2 is 1.33 bits per heavy atom. The number of aromatic nitrogens is 4. The molecule has 3 radical (unpaired) electrons. The fraction of sp³-hybridized carbons (Fsp3) is 0.200. The summed E-state index contributed by atoms with van der Waals surface area (Å²) in [5.74, 6) is -0.754. The van der Waals surface area contributed by atoms with Crippen LogP contribution in [0.25, 0.3) is 21.8 Å². The van der Waals surface area contributed by atoms with Gasteiger partial charge in [0.15, 0.2) is 13.6 Å². The molecule has 0 unspecified atom stereocenters. The molecular formula is C30H32B3FFeN9O5. The summed E-state index contributed by atoms with van der Waals surface area (Å²) in [4.78, 5) is 46.7. The third kappa shape index (κ3) is 14.2. The SMILES string of the molecule is CC[B]C(=N)N.CC[B]c1ncc2cc(N)ccc2n1.CC[B]c1ncc2cc([N+](=O)[O-])ccc2n1.O=Cc1cc([N+](=O)[O-])ccc1F.[Fe]. The van der Waals surface area contributed by atoms with Crippen molar-refractivity contribution in [1.29, 1.82) is 5.41 Å². The minimum Gasteiger partial charge on any atom is -0.399 e. The van der Waals surface area contributed by atoms with Gasteiger partial charge in [-0.15, -0.1) is 0 Å². The van der Waals surface area contributed by atoms with Crippen LogP contribution in [0.5, 0.6) is 0 Å². The Morgan fingerprint density at radius 3 is 1.78 bits per heavy atom. The molecule has 49 heavy (non-hydrogen) atoms. The van der Waals surface area contributed by atoms with Crippen LogP contribution in [0.15, 0.2) is 67.0 Å². The molecule has 0 aliphatic heterocycles. The number of anilines is 1. The first kappa shape index (κ1) is 41.7. The van der Waals surface area contributed by atoms with E-state index in [1.54, 1.807) is 25.7 Å². The van der Waals surface area contributed by atoms with E-state index in [1.807, 2.05) is 46.6 Å². The molecule has 0 saturated heterocycles. The summed E-state index contributed by atoms with van der Waals surface area (Å²) in [6.45, 7) is 6.02. The number of hydrogen-bond acceptors (Lipinski definition) is 11. The minimum atomic E-state index is -0.754. The summed E-state index contributed by atoms with van der Waals surface area (Å²) >= 11 is 0. The number of amidine groups is 1. The van der Waals surface area contributed by atoms with Gasteiger partial charge in [-0.05, 0) is 30.3 Å². The molecule has 14 nitrogen and oxygen atoms in total. The molecule has 0 aliphatic rings. The standard InChI is InChI=1S/C10H9BN3O2.C10H11BN3.C7H4FNO3.C3H8BN2.Fe/c1-2-11-10-12-6-7-5-8(14(15)16)3-4-9(7)13-10;1-2-11-10-13-6-7-5-8(12)3-4-9(7)14-10;8-7-2-1-6(9(11)12)3-5(7)4-10;1-2-4-3(5)6;/h3-6H,2H2,1H3;3-6H,2,12H2,1H3;1-4H;2H2,1H3,(H3,5,6);. The van der Waals surface area contributed by atoms with E-state index >= 15 is 0 Å². The van der Waals surface area contributed by atoms with Gasteiger partial charge in [0.05, 0.1) is 37.9 Å². The van der Waals surface area contributed by atoms with Crippen molar-refractivity contribution < 1.29 is 36.1 Å². The monoisotopic (exact) mass is 706 g/mol. The van der Waals surface area contributed by atoms with Gasteiger partial charge in [-0.3, -0.25) is 40.4 Å². The van der Waals surface area contributed by atoms with Crippen LogP contribution in [0.1, 0.15) is 31.1 Å². The average Bonchev–Trinajstić information content (AvgIpc) is 3.06. The number of carbonyl (C=O) groups is 1. The molecule has 0 bridgehead atoms. The number of nitrogen functional groups attached to an aromatic ring is 1. The van der Waals surface area contributed by atoms with Crippen LogP contribution >= 0.6 is 0 Å². The van der Waals surface area contributed by atoms with Crippen LogP contribution in [-0.4, -0.2) is 63.6 Å². The molecule has 0 spiro atoms. The summed E-state index contributed by atoms with van der Waals surface area (Å²) in [7, 11) is 5.55. The van der Waals surface area contributed by atoms with E-state index in [9.17, 15) is 29.4 Å². The molecule has 5 N–H and O–H groups in total. The maximum Gasteiger partial charge on any atom is 0.270 e. The summed E-state index contributed by atoms with van der Waals surface area (Å²) in [6.07, 6.45) is 6.31. The van der Waals surface area contributed by atoms with Crippen molar-refractivity contribution in [2.24, 2.45) is 5.73 Å². The van der Waals surface area contributed by atoms with Gasteiger partial charge < -0.3 is 11.5 Å². The van der Waals surface area contributed by atoms with Gasteiger partial charge >= 0.3 is 0 Å². The molecule has 2 heterocycles. The van der Waals surface area contributed by atoms with E-state index < -0.39 is 15.7 Å². The Balaban J connectivity index is 0.000000339. The molecule has 0 amide bonds. The van der Waals surface area contributed by atoms with Gasteiger partial charge in [0, 0.05) is 75.9 Å². The first-order valence-corrected chi connectivity index (χ1v) is 14.6. The first-order valence-electron chi connectivity index (χ1n) is 14.6.